The number of rotatable bonds is 3. The van der Waals surface area contributed by atoms with Gasteiger partial charge in [-0.1, -0.05) is 26.7 Å². The average molecular weight is 297 g/mol. The molecule has 1 aliphatic carbocycles. The highest BCUT2D eigenvalue weighted by Crippen LogP contribution is 2.33. The molecule has 1 aliphatic rings. The fraction of sp³-hybridized carbons (Fsp3) is 0.571. The molecule has 0 amide bonds. The van der Waals surface area contributed by atoms with Gasteiger partial charge < -0.3 is 11.1 Å². The van der Waals surface area contributed by atoms with Gasteiger partial charge >= 0.3 is 0 Å². The Balaban J connectivity index is 2.30. The van der Waals surface area contributed by atoms with E-state index in [-0.39, 0.29) is 10.9 Å². The molecule has 3 unspecified atom stereocenters. The molecule has 0 heterocycles. The number of sulfonamides is 1. The van der Waals surface area contributed by atoms with E-state index in [2.05, 4.69) is 19.2 Å². The van der Waals surface area contributed by atoms with Crippen LogP contribution in [-0.2, 0) is 10.0 Å². The maximum absolute atomic E-state index is 11.7. The predicted molar refractivity (Wildman–Crippen MR) is 81.8 cm³/mol. The van der Waals surface area contributed by atoms with Gasteiger partial charge in [0.1, 0.15) is 4.90 Å². The Morgan fingerprint density at radius 3 is 2.60 bits per heavy atom. The summed E-state index contributed by atoms with van der Waals surface area (Å²) >= 11 is 0. The standard InChI is InChI=1S/C14H23N3O2S/c1-9-4-3-5-12(10(9)2)17-13-7-6-11(15)8-14(13)20(16,18)19/h6-10,12,17H,3-5,15H2,1-2H3,(H2,16,18,19). The van der Waals surface area contributed by atoms with Crippen molar-refractivity contribution in [3.05, 3.63) is 18.2 Å². The van der Waals surface area contributed by atoms with Crippen LogP contribution in [0.5, 0.6) is 0 Å². The Kier molecular flexibility index (Phi) is 4.25. The topological polar surface area (TPSA) is 98.2 Å². The quantitative estimate of drug-likeness (QED) is 0.744. The number of nitrogens with two attached hydrogens (primary N) is 2. The molecule has 20 heavy (non-hydrogen) atoms. The highest BCUT2D eigenvalue weighted by molar-refractivity contribution is 7.89. The highest BCUT2D eigenvalue weighted by Gasteiger charge is 2.28. The first-order valence-electron chi connectivity index (χ1n) is 6.98. The van der Waals surface area contributed by atoms with Gasteiger partial charge in [-0.15, -0.1) is 0 Å². The van der Waals surface area contributed by atoms with E-state index in [0.717, 1.165) is 12.8 Å². The number of hydrogen-bond acceptors (Lipinski definition) is 4. The predicted octanol–water partition coefficient (Wildman–Crippen LogP) is 2.15. The molecule has 1 saturated carbocycles. The molecule has 1 fully saturated rings. The zero-order valence-corrected chi connectivity index (χ0v) is 12.8. The number of hydrogen-bond donors (Lipinski definition) is 3. The first-order chi connectivity index (χ1) is 9.29. The van der Waals surface area contributed by atoms with Crippen LogP contribution >= 0.6 is 0 Å². The molecule has 3 atom stereocenters. The number of benzene rings is 1. The lowest BCUT2D eigenvalue weighted by molar-refractivity contribution is 0.253. The highest BCUT2D eigenvalue weighted by atomic mass is 32.2. The Morgan fingerprint density at radius 2 is 1.95 bits per heavy atom. The van der Waals surface area contributed by atoms with Crippen molar-refractivity contribution in [1.82, 2.24) is 0 Å². The molecule has 0 spiro atoms. The summed E-state index contributed by atoms with van der Waals surface area (Å²) in [7, 11) is -3.78. The first-order valence-corrected chi connectivity index (χ1v) is 8.52. The molecule has 1 aromatic carbocycles. The molecule has 0 saturated heterocycles. The smallest absolute Gasteiger partial charge is 0.240 e. The van der Waals surface area contributed by atoms with Gasteiger partial charge in [0.05, 0.1) is 5.69 Å². The van der Waals surface area contributed by atoms with Crippen molar-refractivity contribution in [3.63, 3.8) is 0 Å². The van der Waals surface area contributed by atoms with Crippen molar-refractivity contribution < 1.29 is 8.42 Å². The van der Waals surface area contributed by atoms with E-state index in [1.807, 2.05) is 0 Å². The molecule has 0 radical (unpaired) electrons. The number of primary sulfonamides is 1. The Morgan fingerprint density at radius 1 is 1.25 bits per heavy atom. The van der Waals surface area contributed by atoms with Crippen molar-refractivity contribution in [1.29, 1.82) is 0 Å². The summed E-state index contributed by atoms with van der Waals surface area (Å²) < 4.78 is 23.4. The summed E-state index contributed by atoms with van der Waals surface area (Å²) in [5.41, 5.74) is 6.60. The molecule has 0 bridgehead atoms. The molecule has 0 aliphatic heterocycles. The van der Waals surface area contributed by atoms with Crippen molar-refractivity contribution in [2.24, 2.45) is 17.0 Å². The molecule has 0 aromatic heterocycles. The van der Waals surface area contributed by atoms with Crippen LogP contribution in [0.15, 0.2) is 23.1 Å². The van der Waals surface area contributed by atoms with Crippen LogP contribution in [0, 0.1) is 11.8 Å². The van der Waals surface area contributed by atoms with Gasteiger partial charge in [-0.2, -0.15) is 0 Å². The second-order valence-electron chi connectivity index (χ2n) is 5.82. The van der Waals surface area contributed by atoms with Gasteiger partial charge in [-0.05, 0) is 36.5 Å². The summed E-state index contributed by atoms with van der Waals surface area (Å²) in [5, 5.41) is 8.62. The van der Waals surface area contributed by atoms with E-state index in [4.69, 9.17) is 10.9 Å². The van der Waals surface area contributed by atoms with Crippen molar-refractivity contribution in [2.75, 3.05) is 11.1 Å². The van der Waals surface area contributed by atoms with Gasteiger partial charge in [-0.3, -0.25) is 0 Å². The van der Waals surface area contributed by atoms with E-state index in [9.17, 15) is 8.42 Å². The minimum Gasteiger partial charge on any atom is -0.399 e. The summed E-state index contributed by atoms with van der Waals surface area (Å²) in [6, 6.07) is 5.06. The molecular weight excluding hydrogens is 274 g/mol. The molecule has 5 nitrogen and oxygen atoms in total. The Labute approximate surface area is 120 Å². The fourth-order valence-corrected chi connectivity index (χ4v) is 3.61. The Bertz CT molecular complexity index is 586. The molecule has 112 valence electrons. The summed E-state index contributed by atoms with van der Waals surface area (Å²) in [6.45, 7) is 4.44. The van der Waals surface area contributed by atoms with E-state index in [1.165, 1.54) is 12.5 Å². The second kappa shape index (κ2) is 5.61. The number of anilines is 2. The SMILES string of the molecule is CC1CCCC(Nc2ccc(N)cc2S(N)(=O)=O)C1C. The third-order valence-corrected chi connectivity index (χ3v) is 5.31. The lowest BCUT2D eigenvalue weighted by atomic mass is 9.78. The van der Waals surface area contributed by atoms with Crippen LogP contribution in [-0.4, -0.2) is 14.5 Å². The monoisotopic (exact) mass is 297 g/mol. The van der Waals surface area contributed by atoms with Crippen LogP contribution in [0.4, 0.5) is 11.4 Å². The lowest BCUT2D eigenvalue weighted by Gasteiger charge is -2.35. The van der Waals surface area contributed by atoms with Crippen LogP contribution in [0.25, 0.3) is 0 Å². The molecule has 5 N–H and O–H groups in total. The van der Waals surface area contributed by atoms with Crippen LogP contribution in [0.2, 0.25) is 0 Å². The van der Waals surface area contributed by atoms with Crippen molar-refractivity contribution in [3.8, 4) is 0 Å². The summed E-state index contributed by atoms with van der Waals surface area (Å²) in [4.78, 5) is 0.0722. The molecular formula is C14H23N3O2S. The molecule has 2 rings (SSSR count). The minimum absolute atomic E-state index is 0.0722. The van der Waals surface area contributed by atoms with Gasteiger partial charge in [-0.25, -0.2) is 13.6 Å². The van der Waals surface area contributed by atoms with Gasteiger partial charge in [0.2, 0.25) is 10.0 Å². The van der Waals surface area contributed by atoms with E-state index in [0.29, 0.717) is 23.2 Å². The number of nitrogens with one attached hydrogen (secondary N) is 1. The third kappa shape index (κ3) is 3.24. The zero-order chi connectivity index (χ0) is 14.9. The minimum atomic E-state index is -3.78. The van der Waals surface area contributed by atoms with Gasteiger partial charge in [0, 0.05) is 11.7 Å². The summed E-state index contributed by atoms with van der Waals surface area (Å²) in [5.74, 6) is 1.13. The van der Waals surface area contributed by atoms with E-state index in [1.54, 1.807) is 12.1 Å². The fourth-order valence-electron chi connectivity index (χ4n) is 2.88. The van der Waals surface area contributed by atoms with Crippen LogP contribution < -0.4 is 16.2 Å². The third-order valence-electron chi connectivity index (χ3n) is 4.36. The van der Waals surface area contributed by atoms with Crippen LogP contribution in [0.3, 0.4) is 0 Å². The van der Waals surface area contributed by atoms with Gasteiger partial charge in [0.25, 0.3) is 0 Å². The molecule has 1 aromatic rings. The Hall–Kier alpha value is -1.27. The van der Waals surface area contributed by atoms with E-state index < -0.39 is 10.0 Å². The van der Waals surface area contributed by atoms with E-state index >= 15 is 0 Å². The second-order valence-corrected chi connectivity index (χ2v) is 7.35. The maximum Gasteiger partial charge on any atom is 0.240 e. The number of nitrogen functional groups attached to an aromatic ring is 1. The lowest BCUT2D eigenvalue weighted by Crippen LogP contribution is -2.35. The van der Waals surface area contributed by atoms with Crippen LogP contribution in [0.1, 0.15) is 33.1 Å². The van der Waals surface area contributed by atoms with Crippen molar-refractivity contribution >= 4 is 21.4 Å². The maximum atomic E-state index is 11.7. The largest absolute Gasteiger partial charge is 0.399 e. The van der Waals surface area contributed by atoms with Crippen molar-refractivity contribution in [2.45, 2.75) is 44.0 Å². The normalized spacial score (nSPS) is 27.2. The van der Waals surface area contributed by atoms with Gasteiger partial charge in [0.15, 0.2) is 0 Å². The molecule has 6 heteroatoms. The zero-order valence-electron chi connectivity index (χ0n) is 12.0. The average Bonchev–Trinajstić information content (AvgIpc) is 2.36. The summed E-state index contributed by atoms with van der Waals surface area (Å²) in [6.07, 6.45) is 3.42. The first kappa shape index (κ1) is 15.1.